The number of hydrogen-bond acceptors (Lipinski definition) is 2. The molecule has 210 valence electrons. The number of benzene rings is 6. The first-order valence-corrected chi connectivity index (χ1v) is 16.0. The summed E-state index contributed by atoms with van der Waals surface area (Å²) in [6.07, 6.45) is 1.89. The maximum Gasteiger partial charge on any atom is 0.0888 e. The molecule has 0 unspecified atom stereocenters. The van der Waals surface area contributed by atoms with Crippen LogP contribution in [0.5, 0.6) is 0 Å². The minimum Gasteiger partial charge on any atom is -0.355 e. The lowest BCUT2D eigenvalue weighted by Crippen LogP contribution is -1.94. The Kier molecular flexibility index (Phi) is 5.16. The zero-order valence-electron chi connectivity index (χ0n) is 24.2. The zero-order valence-corrected chi connectivity index (χ0v) is 25.0. The van der Waals surface area contributed by atoms with Gasteiger partial charge in [-0.25, -0.2) is 0 Å². The van der Waals surface area contributed by atoms with Crippen molar-refractivity contribution in [1.82, 2.24) is 14.5 Å². The highest BCUT2D eigenvalue weighted by Crippen LogP contribution is 2.38. The molecule has 45 heavy (non-hydrogen) atoms. The molecule has 0 amide bonds. The lowest BCUT2D eigenvalue weighted by atomic mass is 10.0. The summed E-state index contributed by atoms with van der Waals surface area (Å²) < 4.78 is 4.91. The Balaban J connectivity index is 1.16. The summed E-state index contributed by atoms with van der Waals surface area (Å²) in [4.78, 5) is 8.26. The van der Waals surface area contributed by atoms with E-state index in [0.717, 1.165) is 16.7 Å². The number of fused-ring (bicyclic) bond motifs is 9. The van der Waals surface area contributed by atoms with Gasteiger partial charge in [-0.2, -0.15) is 0 Å². The molecule has 0 aliphatic rings. The first kappa shape index (κ1) is 24.7. The maximum absolute atomic E-state index is 4.70. The first-order chi connectivity index (χ1) is 22.3. The van der Waals surface area contributed by atoms with Crippen molar-refractivity contribution in [2.24, 2.45) is 0 Å². The normalized spacial score (nSPS) is 12.0. The molecule has 0 atom stereocenters. The number of nitrogens with one attached hydrogen (secondary N) is 1. The van der Waals surface area contributed by atoms with Gasteiger partial charge >= 0.3 is 0 Å². The van der Waals surface area contributed by atoms with Crippen LogP contribution in [-0.2, 0) is 0 Å². The van der Waals surface area contributed by atoms with Crippen LogP contribution in [0, 0.1) is 0 Å². The maximum atomic E-state index is 4.70. The molecule has 0 aliphatic carbocycles. The molecule has 0 spiro atoms. The molecule has 4 heteroatoms. The fourth-order valence-corrected chi connectivity index (χ4v) is 8.10. The van der Waals surface area contributed by atoms with E-state index in [1.54, 1.807) is 11.3 Å². The van der Waals surface area contributed by atoms with Crippen LogP contribution in [0.15, 0.2) is 146 Å². The van der Waals surface area contributed by atoms with Gasteiger partial charge in [-0.15, -0.1) is 11.3 Å². The number of aromatic nitrogens is 3. The Morgan fingerprint density at radius 3 is 2.16 bits per heavy atom. The van der Waals surface area contributed by atoms with Crippen LogP contribution in [0.25, 0.3) is 91.9 Å². The quantitative estimate of drug-likeness (QED) is 0.218. The van der Waals surface area contributed by atoms with E-state index >= 15 is 0 Å². The van der Waals surface area contributed by atoms with E-state index in [1.807, 2.05) is 12.3 Å². The SMILES string of the molecule is c1cc(-c2ccc3sc4cccnc4c3c2)cc(-n2c3ccccc3c3ccc(-c4ccc5[nH]c6ccccc6c5c4)cc32)c1. The summed E-state index contributed by atoms with van der Waals surface area (Å²) in [7, 11) is 0. The average molecular weight is 592 g/mol. The number of rotatable bonds is 3. The molecule has 0 saturated heterocycles. The first-order valence-electron chi connectivity index (χ1n) is 15.2. The van der Waals surface area contributed by atoms with Crippen molar-refractivity contribution < 1.29 is 0 Å². The number of thiophene rings is 1. The number of pyridine rings is 1. The van der Waals surface area contributed by atoms with Crippen LogP contribution in [0.4, 0.5) is 0 Å². The van der Waals surface area contributed by atoms with Crippen molar-refractivity contribution in [3.63, 3.8) is 0 Å². The number of nitrogens with zero attached hydrogens (tertiary/aromatic N) is 2. The molecule has 4 aromatic heterocycles. The third-order valence-corrected chi connectivity index (χ3v) is 10.3. The molecule has 4 heterocycles. The lowest BCUT2D eigenvalue weighted by molar-refractivity contribution is 1.18. The number of aromatic amines is 1. The van der Waals surface area contributed by atoms with Crippen LogP contribution in [0.2, 0.25) is 0 Å². The molecule has 10 rings (SSSR count). The van der Waals surface area contributed by atoms with Gasteiger partial charge in [0.25, 0.3) is 0 Å². The molecule has 0 radical (unpaired) electrons. The second-order valence-corrected chi connectivity index (χ2v) is 12.8. The van der Waals surface area contributed by atoms with Gasteiger partial charge in [0.2, 0.25) is 0 Å². The minimum absolute atomic E-state index is 1.08. The van der Waals surface area contributed by atoms with Gasteiger partial charge in [0, 0.05) is 54.5 Å². The summed E-state index contributed by atoms with van der Waals surface area (Å²) in [6, 6.07) is 50.8. The van der Waals surface area contributed by atoms with E-state index < -0.39 is 0 Å². The topological polar surface area (TPSA) is 33.6 Å². The molecule has 0 bridgehead atoms. The molecular weight excluding hydrogens is 567 g/mol. The summed E-state index contributed by atoms with van der Waals surface area (Å²) in [5, 5.41) is 6.24. The molecule has 1 N–H and O–H groups in total. The monoisotopic (exact) mass is 591 g/mol. The molecule has 0 aliphatic heterocycles. The average Bonchev–Trinajstić information content (AvgIpc) is 3.77. The van der Waals surface area contributed by atoms with Gasteiger partial charge in [-0.1, -0.05) is 72.8 Å². The fourth-order valence-electron chi connectivity index (χ4n) is 7.06. The van der Waals surface area contributed by atoms with Crippen LogP contribution in [-0.4, -0.2) is 14.5 Å². The van der Waals surface area contributed by atoms with Crippen molar-refractivity contribution >= 4 is 75.3 Å². The van der Waals surface area contributed by atoms with Crippen LogP contribution in [0.1, 0.15) is 0 Å². The molecular formula is C41H25N3S. The molecule has 6 aromatic carbocycles. The van der Waals surface area contributed by atoms with Gasteiger partial charge in [0.15, 0.2) is 0 Å². The molecule has 0 fully saturated rings. The second kappa shape index (κ2) is 9.39. The van der Waals surface area contributed by atoms with Crippen LogP contribution < -0.4 is 0 Å². The van der Waals surface area contributed by atoms with E-state index in [1.165, 1.54) is 75.1 Å². The number of para-hydroxylation sites is 2. The molecule has 0 saturated carbocycles. The highest BCUT2D eigenvalue weighted by Gasteiger charge is 2.15. The summed E-state index contributed by atoms with van der Waals surface area (Å²) in [5.74, 6) is 0. The summed E-state index contributed by atoms with van der Waals surface area (Å²) in [6.45, 7) is 0. The highest BCUT2D eigenvalue weighted by atomic mass is 32.1. The Hall–Kier alpha value is -5.71. The smallest absolute Gasteiger partial charge is 0.0888 e. The van der Waals surface area contributed by atoms with E-state index in [0.29, 0.717) is 0 Å². The van der Waals surface area contributed by atoms with Crippen LogP contribution >= 0.6 is 11.3 Å². The minimum atomic E-state index is 1.08. The van der Waals surface area contributed by atoms with Gasteiger partial charge < -0.3 is 9.55 Å². The van der Waals surface area contributed by atoms with Crippen molar-refractivity contribution in [3.05, 3.63) is 146 Å². The number of H-pyrrole nitrogens is 1. The number of hydrogen-bond donors (Lipinski definition) is 1. The summed E-state index contributed by atoms with van der Waals surface area (Å²) >= 11 is 1.80. The second-order valence-electron chi connectivity index (χ2n) is 11.7. The fraction of sp³-hybridized carbons (Fsp3) is 0. The Morgan fingerprint density at radius 2 is 1.20 bits per heavy atom. The highest BCUT2D eigenvalue weighted by molar-refractivity contribution is 7.25. The van der Waals surface area contributed by atoms with Crippen molar-refractivity contribution in [2.45, 2.75) is 0 Å². The van der Waals surface area contributed by atoms with E-state index in [2.05, 4.69) is 143 Å². The standard InChI is InChI=1S/C41H25N3S/c1-3-11-35-30(9-1)33-22-26(15-18-36(33)43-35)28-14-17-32-31-10-2-4-12-37(31)44(38(32)24-28)29-8-5-7-25(21-29)27-16-19-39-34(23-27)41-40(45-39)13-6-20-42-41/h1-24,43H. The summed E-state index contributed by atoms with van der Waals surface area (Å²) in [5.41, 5.74) is 11.8. The van der Waals surface area contributed by atoms with Crippen LogP contribution in [0.3, 0.4) is 0 Å². The van der Waals surface area contributed by atoms with Gasteiger partial charge in [0.1, 0.15) is 0 Å². The molecule has 10 aromatic rings. The van der Waals surface area contributed by atoms with Crippen molar-refractivity contribution in [1.29, 1.82) is 0 Å². The van der Waals surface area contributed by atoms with Crippen molar-refractivity contribution in [3.8, 4) is 27.9 Å². The Bertz CT molecular complexity index is 2780. The zero-order chi connectivity index (χ0) is 29.5. The third-order valence-electron chi connectivity index (χ3n) is 9.18. The predicted octanol–water partition coefficient (Wildman–Crippen LogP) is 11.5. The Morgan fingerprint density at radius 1 is 0.467 bits per heavy atom. The molecule has 3 nitrogen and oxygen atoms in total. The van der Waals surface area contributed by atoms with E-state index in [9.17, 15) is 0 Å². The van der Waals surface area contributed by atoms with Crippen molar-refractivity contribution in [2.75, 3.05) is 0 Å². The third kappa shape index (κ3) is 3.73. The predicted molar refractivity (Wildman–Crippen MR) is 192 cm³/mol. The largest absolute Gasteiger partial charge is 0.355 e. The van der Waals surface area contributed by atoms with Gasteiger partial charge in [-0.3, -0.25) is 4.98 Å². The van der Waals surface area contributed by atoms with E-state index in [4.69, 9.17) is 4.98 Å². The van der Waals surface area contributed by atoms with Gasteiger partial charge in [0.05, 0.1) is 21.3 Å². The van der Waals surface area contributed by atoms with Gasteiger partial charge in [-0.05, 0) is 89.0 Å². The lowest BCUT2D eigenvalue weighted by Gasteiger charge is -2.11. The van der Waals surface area contributed by atoms with E-state index in [-0.39, 0.29) is 0 Å². The Labute approximate surface area is 262 Å².